The Balaban J connectivity index is 2.22. The molecular weight excluding hydrogens is 268 g/mol. The Morgan fingerprint density at radius 3 is 2.81 bits per heavy atom. The lowest BCUT2D eigenvalue weighted by molar-refractivity contribution is -0.148. The summed E-state index contributed by atoms with van der Waals surface area (Å²) in [5.74, 6) is 0.533. The van der Waals surface area contributed by atoms with Gasteiger partial charge in [-0.3, -0.25) is 9.59 Å². The van der Waals surface area contributed by atoms with Gasteiger partial charge < -0.3 is 15.0 Å². The molecule has 0 saturated carbocycles. The lowest BCUT2D eigenvalue weighted by Crippen LogP contribution is -2.63. The Labute approximate surface area is 125 Å². The summed E-state index contributed by atoms with van der Waals surface area (Å²) in [6.07, 6.45) is 0.238. The molecule has 0 atom stereocenters. The first kappa shape index (κ1) is 15.4. The van der Waals surface area contributed by atoms with Crippen LogP contribution < -0.4 is 10.1 Å². The van der Waals surface area contributed by atoms with Gasteiger partial charge in [-0.05, 0) is 26.8 Å². The molecule has 114 valence electrons. The highest BCUT2D eigenvalue weighted by Gasteiger charge is 2.40. The van der Waals surface area contributed by atoms with Crippen LogP contribution >= 0.6 is 0 Å². The number of nitrogens with zero attached hydrogens (tertiary/aromatic N) is 1. The minimum Gasteiger partial charge on any atom is -0.496 e. The highest BCUT2D eigenvalue weighted by Crippen LogP contribution is 2.24. The number of amides is 2. The molecule has 0 radical (unpaired) electrons. The molecule has 0 unspecified atom stereocenters. The number of hydrogen-bond donors (Lipinski definition) is 1. The van der Waals surface area contributed by atoms with E-state index < -0.39 is 5.54 Å². The van der Waals surface area contributed by atoms with Gasteiger partial charge >= 0.3 is 0 Å². The van der Waals surface area contributed by atoms with Crippen molar-refractivity contribution >= 4 is 11.8 Å². The number of carbonyl (C=O) groups is 2. The molecule has 0 spiro atoms. The summed E-state index contributed by atoms with van der Waals surface area (Å²) in [4.78, 5) is 26.2. The van der Waals surface area contributed by atoms with Crippen LogP contribution in [0.3, 0.4) is 0 Å². The molecule has 5 nitrogen and oxygen atoms in total. The molecule has 1 heterocycles. The van der Waals surface area contributed by atoms with E-state index in [0.717, 1.165) is 11.1 Å². The maximum atomic E-state index is 12.6. The van der Waals surface area contributed by atoms with Gasteiger partial charge in [0.05, 0.1) is 13.5 Å². The van der Waals surface area contributed by atoms with E-state index in [4.69, 9.17) is 4.74 Å². The predicted octanol–water partition coefficient (Wildman–Crippen LogP) is 1.28. The van der Waals surface area contributed by atoms with Gasteiger partial charge in [0.25, 0.3) is 0 Å². The van der Waals surface area contributed by atoms with Crippen molar-refractivity contribution in [1.82, 2.24) is 10.2 Å². The van der Waals surface area contributed by atoms with E-state index in [1.165, 1.54) is 0 Å². The second-order valence-corrected chi connectivity index (χ2v) is 5.85. The van der Waals surface area contributed by atoms with Crippen LogP contribution in [-0.4, -0.2) is 42.5 Å². The van der Waals surface area contributed by atoms with E-state index in [2.05, 4.69) is 5.32 Å². The fourth-order valence-corrected chi connectivity index (χ4v) is 2.64. The summed E-state index contributed by atoms with van der Waals surface area (Å²) in [7, 11) is 1.59. The summed E-state index contributed by atoms with van der Waals surface area (Å²) in [5.41, 5.74) is 1.12. The molecule has 0 bridgehead atoms. The van der Waals surface area contributed by atoms with Crippen molar-refractivity contribution in [3.8, 4) is 5.75 Å². The summed E-state index contributed by atoms with van der Waals surface area (Å²) >= 11 is 0. The number of benzene rings is 1. The number of hydrogen-bond acceptors (Lipinski definition) is 3. The third-order valence-corrected chi connectivity index (χ3v) is 3.93. The normalized spacial score (nSPS) is 17.3. The molecule has 5 heteroatoms. The number of piperazine rings is 1. The zero-order valence-corrected chi connectivity index (χ0v) is 13.0. The molecule has 1 aliphatic heterocycles. The number of ether oxygens (including phenoxy) is 1. The molecule has 1 N–H and O–H groups in total. The van der Waals surface area contributed by atoms with Crippen LogP contribution in [0.2, 0.25) is 0 Å². The van der Waals surface area contributed by atoms with Crippen LogP contribution in [0.15, 0.2) is 18.2 Å². The Morgan fingerprint density at radius 1 is 1.43 bits per heavy atom. The molecule has 1 fully saturated rings. The van der Waals surface area contributed by atoms with Gasteiger partial charge in [0.1, 0.15) is 11.3 Å². The molecule has 2 rings (SSSR count). The van der Waals surface area contributed by atoms with E-state index >= 15 is 0 Å². The molecule has 1 aliphatic rings. The van der Waals surface area contributed by atoms with Crippen molar-refractivity contribution in [2.45, 2.75) is 32.7 Å². The van der Waals surface area contributed by atoms with Crippen LogP contribution in [0.5, 0.6) is 5.75 Å². The maximum Gasteiger partial charge on any atom is 0.245 e. The third kappa shape index (κ3) is 3.01. The summed E-state index contributed by atoms with van der Waals surface area (Å²) in [6, 6.07) is 5.77. The molecule has 1 aromatic carbocycles. The number of aryl methyl sites for hydroxylation is 1. The number of nitrogens with one attached hydrogen (secondary N) is 1. The van der Waals surface area contributed by atoms with Gasteiger partial charge in [0, 0.05) is 18.7 Å². The van der Waals surface area contributed by atoms with E-state index in [9.17, 15) is 9.59 Å². The minimum absolute atomic E-state index is 0.0567. The van der Waals surface area contributed by atoms with Crippen molar-refractivity contribution in [3.63, 3.8) is 0 Å². The highest BCUT2D eigenvalue weighted by molar-refractivity contribution is 5.92. The van der Waals surface area contributed by atoms with E-state index in [1.807, 2.05) is 25.1 Å². The zero-order chi connectivity index (χ0) is 15.6. The highest BCUT2D eigenvalue weighted by atomic mass is 16.5. The lowest BCUT2D eigenvalue weighted by Gasteiger charge is -2.41. The second-order valence-electron chi connectivity index (χ2n) is 5.85. The van der Waals surface area contributed by atoms with Gasteiger partial charge in [0.15, 0.2) is 0 Å². The van der Waals surface area contributed by atoms with Crippen molar-refractivity contribution in [1.29, 1.82) is 0 Å². The first-order valence-corrected chi connectivity index (χ1v) is 7.08. The first-order valence-electron chi connectivity index (χ1n) is 7.08. The van der Waals surface area contributed by atoms with Gasteiger partial charge in [-0.2, -0.15) is 0 Å². The third-order valence-electron chi connectivity index (χ3n) is 3.93. The fraction of sp³-hybridized carbons (Fsp3) is 0.500. The molecule has 1 saturated heterocycles. The monoisotopic (exact) mass is 290 g/mol. The average molecular weight is 290 g/mol. The van der Waals surface area contributed by atoms with Crippen molar-refractivity contribution in [2.24, 2.45) is 0 Å². The molecule has 0 aromatic heterocycles. The van der Waals surface area contributed by atoms with Crippen molar-refractivity contribution in [2.75, 3.05) is 20.2 Å². The second kappa shape index (κ2) is 5.76. The van der Waals surface area contributed by atoms with Gasteiger partial charge in [0.2, 0.25) is 11.8 Å². The number of methoxy groups -OCH3 is 1. The topological polar surface area (TPSA) is 58.6 Å². The van der Waals surface area contributed by atoms with E-state index in [0.29, 0.717) is 18.8 Å². The van der Waals surface area contributed by atoms with Crippen LogP contribution in [0, 0.1) is 6.92 Å². The van der Waals surface area contributed by atoms with Crippen LogP contribution in [0.25, 0.3) is 0 Å². The maximum absolute atomic E-state index is 12.6. The predicted molar refractivity (Wildman–Crippen MR) is 80.2 cm³/mol. The fourth-order valence-electron chi connectivity index (χ4n) is 2.64. The summed E-state index contributed by atoms with van der Waals surface area (Å²) < 4.78 is 5.31. The standard InChI is InChI=1S/C16H22N2O3/c1-11-5-6-13(21-4)12(9-11)10-14(19)18-8-7-17-15(20)16(18,2)3/h5-6,9H,7-8,10H2,1-4H3,(H,17,20). The van der Waals surface area contributed by atoms with Crippen molar-refractivity contribution in [3.05, 3.63) is 29.3 Å². The molecule has 1 aromatic rings. The number of carbonyl (C=O) groups excluding carboxylic acids is 2. The van der Waals surface area contributed by atoms with Crippen LogP contribution in [-0.2, 0) is 16.0 Å². The minimum atomic E-state index is -0.813. The lowest BCUT2D eigenvalue weighted by atomic mass is 9.97. The SMILES string of the molecule is COc1ccc(C)cc1CC(=O)N1CCNC(=O)C1(C)C. The largest absolute Gasteiger partial charge is 0.496 e. The van der Waals surface area contributed by atoms with E-state index in [-0.39, 0.29) is 18.2 Å². The Kier molecular flexibility index (Phi) is 4.21. The number of rotatable bonds is 3. The van der Waals surface area contributed by atoms with Gasteiger partial charge in [-0.25, -0.2) is 0 Å². The Hall–Kier alpha value is -2.04. The first-order chi connectivity index (χ1) is 9.86. The van der Waals surface area contributed by atoms with E-state index in [1.54, 1.807) is 25.9 Å². The quantitative estimate of drug-likeness (QED) is 0.912. The Bertz CT molecular complexity index is 567. The van der Waals surface area contributed by atoms with Crippen molar-refractivity contribution < 1.29 is 14.3 Å². The Morgan fingerprint density at radius 2 is 2.14 bits per heavy atom. The molecule has 0 aliphatic carbocycles. The average Bonchev–Trinajstić information content (AvgIpc) is 2.42. The molecular formula is C16H22N2O3. The summed E-state index contributed by atoms with van der Waals surface area (Å²) in [6.45, 7) is 6.55. The summed E-state index contributed by atoms with van der Waals surface area (Å²) in [5, 5.41) is 2.80. The molecule has 21 heavy (non-hydrogen) atoms. The van der Waals surface area contributed by atoms with Crippen LogP contribution in [0.1, 0.15) is 25.0 Å². The van der Waals surface area contributed by atoms with Gasteiger partial charge in [-0.15, -0.1) is 0 Å². The zero-order valence-electron chi connectivity index (χ0n) is 13.0. The smallest absolute Gasteiger partial charge is 0.245 e. The molecule has 2 amide bonds. The van der Waals surface area contributed by atoms with Crippen LogP contribution in [0.4, 0.5) is 0 Å². The van der Waals surface area contributed by atoms with Gasteiger partial charge in [-0.1, -0.05) is 17.7 Å².